The Hall–Kier alpha value is -4.21. The lowest BCUT2D eigenvalue weighted by Crippen LogP contribution is -2.49. The molecular weight excluding hydrogens is 440 g/mol. The predicted molar refractivity (Wildman–Crippen MR) is 125 cm³/mol. The average molecular weight is 466 g/mol. The first-order valence-electron chi connectivity index (χ1n) is 10.7. The Labute approximate surface area is 196 Å². The number of furan rings is 2. The van der Waals surface area contributed by atoms with Crippen LogP contribution in [0.15, 0.2) is 56.6 Å². The van der Waals surface area contributed by atoms with Crippen molar-refractivity contribution in [1.82, 2.24) is 10.7 Å². The summed E-state index contributed by atoms with van der Waals surface area (Å²) in [5.41, 5.74) is 4.37. The lowest BCUT2D eigenvalue weighted by atomic mass is 10.0. The molecule has 0 bridgehead atoms. The van der Waals surface area contributed by atoms with E-state index in [1.54, 1.807) is 38.1 Å². The van der Waals surface area contributed by atoms with Crippen molar-refractivity contribution < 1.29 is 23.3 Å². The van der Waals surface area contributed by atoms with Crippen molar-refractivity contribution in [2.45, 2.75) is 40.2 Å². The van der Waals surface area contributed by atoms with Gasteiger partial charge in [0.05, 0.1) is 23.8 Å². The molecule has 0 aliphatic carbocycles. The molecule has 3 aromatic rings. The maximum absolute atomic E-state index is 12.6. The second-order valence-corrected chi connectivity index (χ2v) is 8.18. The van der Waals surface area contributed by atoms with Gasteiger partial charge in [-0.25, -0.2) is 5.43 Å². The molecule has 2 amide bonds. The molecule has 3 rings (SSSR count). The summed E-state index contributed by atoms with van der Waals surface area (Å²) in [4.78, 5) is 35.7. The summed E-state index contributed by atoms with van der Waals surface area (Å²) in [5.74, 6) is 0.289. The zero-order chi connectivity index (χ0) is 24.8. The molecule has 0 aliphatic rings. The molecule has 1 aromatic carbocycles. The number of hydrogen-bond acceptors (Lipinski definition) is 7. The van der Waals surface area contributed by atoms with Crippen LogP contribution in [0.5, 0.6) is 0 Å². The highest BCUT2D eigenvalue weighted by Crippen LogP contribution is 2.30. The zero-order valence-corrected chi connectivity index (χ0v) is 19.3. The van der Waals surface area contributed by atoms with Crippen LogP contribution in [0.3, 0.4) is 0 Å². The lowest BCUT2D eigenvalue weighted by Gasteiger charge is -2.20. The molecular formula is C24H26N4O6. The molecule has 0 radical (unpaired) electrons. The van der Waals surface area contributed by atoms with Gasteiger partial charge in [0.2, 0.25) is 5.91 Å². The first-order chi connectivity index (χ1) is 16.2. The van der Waals surface area contributed by atoms with Gasteiger partial charge in [0, 0.05) is 17.2 Å². The fraction of sp³-hybridized carbons (Fsp3) is 0.292. The molecule has 178 valence electrons. The standard InChI is InChI=1S/C24H26N4O6/c1-14(2)23(26-22(29)12-18-6-5-9-33-18)24(30)27-25-13-19-7-8-21(34-19)17-10-15(3)16(4)20(11-17)28(31)32/h5-11,13-14,23H,12H2,1-4H3,(H,26,29)(H,27,30)/b25-13+. The number of nitrogens with zero attached hydrogens (tertiary/aromatic N) is 2. The first-order valence-corrected chi connectivity index (χ1v) is 10.7. The number of carbonyl (C=O) groups is 2. The summed E-state index contributed by atoms with van der Waals surface area (Å²) in [7, 11) is 0. The van der Waals surface area contributed by atoms with Gasteiger partial charge in [0.1, 0.15) is 23.3 Å². The fourth-order valence-electron chi connectivity index (χ4n) is 3.31. The molecule has 2 N–H and O–H groups in total. The summed E-state index contributed by atoms with van der Waals surface area (Å²) in [6.45, 7) is 7.11. The highest BCUT2D eigenvalue weighted by molar-refractivity contribution is 5.89. The van der Waals surface area contributed by atoms with Crippen LogP contribution in [0, 0.1) is 29.9 Å². The molecule has 1 atom stereocenters. The van der Waals surface area contributed by atoms with E-state index in [1.165, 1.54) is 18.5 Å². The maximum atomic E-state index is 12.6. The SMILES string of the molecule is Cc1cc(-c2ccc(/C=N/NC(=O)C(NC(=O)Cc3ccco3)C(C)C)o2)cc([N+](=O)[O-])c1C. The molecule has 34 heavy (non-hydrogen) atoms. The number of aryl methyl sites for hydroxylation is 1. The molecule has 2 heterocycles. The Balaban J connectivity index is 1.64. The third kappa shape index (κ3) is 5.97. The third-order valence-corrected chi connectivity index (χ3v) is 5.29. The van der Waals surface area contributed by atoms with Gasteiger partial charge in [-0.3, -0.25) is 19.7 Å². The smallest absolute Gasteiger partial charge is 0.273 e. The summed E-state index contributed by atoms with van der Waals surface area (Å²) in [5, 5.41) is 17.9. The van der Waals surface area contributed by atoms with Gasteiger partial charge in [0.25, 0.3) is 11.6 Å². The van der Waals surface area contributed by atoms with Crippen molar-refractivity contribution in [1.29, 1.82) is 0 Å². The van der Waals surface area contributed by atoms with Crippen molar-refractivity contribution in [3.8, 4) is 11.3 Å². The van der Waals surface area contributed by atoms with Crippen molar-refractivity contribution >= 4 is 23.7 Å². The van der Waals surface area contributed by atoms with Crippen LogP contribution < -0.4 is 10.7 Å². The van der Waals surface area contributed by atoms with Crippen molar-refractivity contribution in [2.24, 2.45) is 11.0 Å². The summed E-state index contributed by atoms with van der Waals surface area (Å²) in [6.07, 6.45) is 2.82. The van der Waals surface area contributed by atoms with Gasteiger partial charge in [0.15, 0.2) is 0 Å². The molecule has 0 spiro atoms. The summed E-state index contributed by atoms with van der Waals surface area (Å²) < 4.78 is 10.9. The Morgan fingerprint density at radius 2 is 1.97 bits per heavy atom. The highest BCUT2D eigenvalue weighted by Gasteiger charge is 2.24. The van der Waals surface area contributed by atoms with E-state index in [1.807, 2.05) is 19.9 Å². The number of nitro groups is 1. The Bertz CT molecular complexity index is 1210. The molecule has 0 saturated carbocycles. The first kappa shape index (κ1) is 24.4. The van der Waals surface area contributed by atoms with Crippen LogP contribution in [0.4, 0.5) is 5.69 Å². The highest BCUT2D eigenvalue weighted by atomic mass is 16.6. The summed E-state index contributed by atoms with van der Waals surface area (Å²) >= 11 is 0. The lowest BCUT2D eigenvalue weighted by molar-refractivity contribution is -0.385. The van der Waals surface area contributed by atoms with Crippen molar-refractivity contribution in [2.75, 3.05) is 0 Å². The Kier molecular flexibility index (Phi) is 7.62. The van der Waals surface area contributed by atoms with Gasteiger partial charge in [-0.2, -0.15) is 5.10 Å². The molecule has 0 aliphatic heterocycles. The van der Waals surface area contributed by atoms with Gasteiger partial charge in [-0.1, -0.05) is 13.8 Å². The third-order valence-electron chi connectivity index (χ3n) is 5.29. The van der Waals surface area contributed by atoms with E-state index in [-0.39, 0.29) is 23.9 Å². The van der Waals surface area contributed by atoms with Gasteiger partial charge < -0.3 is 14.2 Å². The number of amides is 2. The number of carbonyl (C=O) groups excluding carboxylic acids is 2. The molecule has 0 saturated heterocycles. The molecule has 10 heteroatoms. The molecule has 0 fully saturated rings. The topological polar surface area (TPSA) is 140 Å². The number of rotatable bonds is 9. The predicted octanol–water partition coefficient (Wildman–Crippen LogP) is 3.90. The van der Waals surface area contributed by atoms with E-state index in [2.05, 4.69) is 15.8 Å². The summed E-state index contributed by atoms with van der Waals surface area (Å²) in [6, 6.07) is 9.15. The molecule has 1 unspecified atom stereocenters. The van der Waals surface area contributed by atoms with E-state index in [0.717, 1.165) is 5.56 Å². The minimum atomic E-state index is -0.789. The van der Waals surface area contributed by atoms with E-state index in [4.69, 9.17) is 8.83 Å². The van der Waals surface area contributed by atoms with Crippen LogP contribution in [0.25, 0.3) is 11.3 Å². The Morgan fingerprint density at radius 1 is 1.21 bits per heavy atom. The van der Waals surface area contributed by atoms with E-state index in [9.17, 15) is 19.7 Å². The van der Waals surface area contributed by atoms with E-state index in [0.29, 0.717) is 28.4 Å². The average Bonchev–Trinajstić information content (AvgIpc) is 3.45. The van der Waals surface area contributed by atoms with Crippen LogP contribution in [-0.2, 0) is 16.0 Å². The van der Waals surface area contributed by atoms with Gasteiger partial charge in [-0.05, 0) is 55.7 Å². The van der Waals surface area contributed by atoms with Crippen LogP contribution >= 0.6 is 0 Å². The monoisotopic (exact) mass is 466 g/mol. The zero-order valence-electron chi connectivity index (χ0n) is 19.3. The number of hydrazone groups is 1. The molecule has 10 nitrogen and oxygen atoms in total. The quantitative estimate of drug-likeness (QED) is 0.278. The second-order valence-electron chi connectivity index (χ2n) is 8.18. The minimum Gasteiger partial charge on any atom is -0.469 e. The maximum Gasteiger partial charge on any atom is 0.273 e. The number of nitrogens with one attached hydrogen (secondary N) is 2. The minimum absolute atomic E-state index is 0.0164. The van der Waals surface area contributed by atoms with E-state index < -0.39 is 16.9 Å². The largest absolute Gasteiger partial charge is 0.469 e. The van der Waals surface area contributed by atoms with Crippen molar-refractivity contribution in [3.05, 3.63) is 75.4 Å². The normalized spacial score (nSPS) is 12.1. The number of hydrogen-bond donors (Lipinski definition) is 2. The van der Waals surface area contributed by atoms with E-state index >= 15 is 0 Å². The molecule has 2 aromatic heterocycles. The van der Waals surface area contributed by atoms with Crippen LogP contribution in [-0.4, -0.2) is 29.0 Å². The second kappa shape index (κ2) is 10.6. The Morgan fingerprint density at radius 3 is 2.62 bits per heavy atom. The number of nitro benzene ring substituents is 1. The van der Waals surface area contributed by atoms with Crippen molar-refractivity contribution in [3.63, 3.8) is 0 Å². The van der Waals surface area contributed by atoms with Gasteiger partial charge in [-0.15, -0.1) is 0 Å². The number of benzene rings is 1. The van der Waals surface area contributed by atoms with Crippen LogP contribution in [0.1, 0.15) is 36.5 Å². The van der Waals surface area contributed by atoms with Crippen LogP contribution in [0.2, 0.25) is 0 Å². The van der Waals surface area contributed by atoms with Gasteiger partial charge >= 0.3 is 0 Å². The fourth-order valence-corrected chi connectivity index (χ4v) is 3.31.